The second-order valence-electron chi connectivity index (χ2n) is 5.52. The standard InChI is InChI=1S/C14H19N3O4/c1-14(2,3)17-11(18)7-8-15-12(19)9-5-4-6-10(16-9)13(20)21/h4-6H,7-8H2,1-3H3,(H,15,19)(H,17,18)(H,20,21). The van der Waals surface area contributed by atoms with Crippen molar-refractivity contribution in [3.8, 4) is 0 Å². The average Bonchev–Trinajstić information content (AvgIpc) is 2.36. The minimum atomic E-state index is -1.20. The van der Waals surface area contributed by atoms with Gasteiger partial charge in [0.05, 0.1) is 0 Å². The third kappa shape index (κ3) is 6.03. The van der Waals surface area contributed by atoms with Crippen molar-refractivity contribution in [1.29, 1.82) is 0 Å². The Morgan fingerprint density at radius 1 is 1.19 bits per heavy atom. The van der Waals surface area contributed by atoms with E-state index in [0.717, 1.165) is 0 Å². The zero-order valence-corrected chi connectivity index (χ0v) is 12.3. The summed E-state index contributed by atoms with van der Waals surface area (Å²) in [5, 5.41) is 14.1. The summed E-state index contributed by atoms with van der Waals surface area (Å²) in [5.41, 5.74) is -0.516. The van der Waals surface area contributed by atoms with E-state index in [4.69, 9.17) is 5.11 Å². The van der Waals surface area contributed by atoms with Gasteiger partial charge < -0.3 is 15.7 Å². The van der Waals surface area contributed by atoms with Crippen LogP contribution < -0.4 is 10.6 Å². The molecule has 0 aliphatic carbocycles. The van der Waals surface area contributed by atoms with Crippen LogP contribution in [0.5, 0.6) is 0 Å². The van der Waals surface area contributed by atoms with Gasteiger partial charge in [0.2, 0.25) is 5.91 Å². The molecule has 0 atom stereocenters. The van der Waals surface area contributed by atoms with Crippen LogP contribution in [0.3, 0.4) is 0 Å². The first-order valence-electron chi connectivity index (χ1n) is 6.48. The highest BCUT2D eigenvalue weighted by molar-refractivity contribution is 5.94. The topological polar surface area (TPSA) is 108 Å². The van der Waals surface area contributed by atoms with Crippen molar-refractivity contribution in [2.45, 2.75) is 32.7 Å². The molecule has 0 aliphatic rings. The van der Waals surface area contributed by atoms with Crippen molar-refractivity contribution in [3.63, 3.8) is 0 Å². The number of carbonyl (C=O) groups excluding carboxylic acids is 2. The summed E-state index contributed by atoms with van der Waals surface area (Å²) in [6.07, 6.45) is 0.141. The Bertz CT molecular complexity index is 549. The summed E-state index contributed by atoms with van der Waals surface area (Å²) < 4.78 is 0. The molecule has 0 aromatic carbocycles. The van der Waals surface area contributed by atoms with Gasteiger partial charge in [-0.15, -0.1) is 0 Å². The molecule has 0 unspecified atom stereocenters. The van der Waals surface area contributed by atoms with Crippen LogP contribution in [-0.4, -0.2) is 40.0 Å². The van der Waals surface area contributed by atoms with Gasteiger partial charge in [0.1, 0.15) is 11.4 Å². The molecular weight excluding hydrogens is 274 g/mol. The maximum atomic E-state index is 11.8. The lowest BCUT2D eigenvalue weighted by Crippen LogP contribution is -2.42. The highest BCUT2D eigenvalue weighted by Crippen LogP contribution is 2.01. The first-order valence-corrected chi connectivity index (χ1v) is 6.48. The third-order valence-corrected chi connectivity index (χ3v) is 2.35. The number of hydrogen-bond acceptors (Lipinski definition) is 4. The highest BCUT2D eigenvalue weighted by Gasteiger charge is 2.14. The number of carboxylic acid groups (broad SMARTS) is 1. The lowest BCUT2D eigenvalue weighted by atomic mass is 10.1. The number of rotatable bonds is 5. The fourth-order valence-electron chi connectivity index (χ4n) is 1.54. The van der Waals surface area contributed by atoms with Gasteiger partial charge in [-0.05, 0) is 32.9 Å². The van der Waals surface area contributed by atoms with Gasteiger partial charge in [-0.25, -0.2) is 9.78 Å². The van der Waals surface area contributed by atoms with Crippen molar-refractivity contribution in [2.75, 3.05) is 6.54 Å². The zero-order valence-electron chi connectivity index (χ0n) is 12.3. The van der Waals surface area contributed by atoms with Crippen LogP contribution in [0.1, 0.15) is 48.2 Å². The van der Waals surface area contributed by atoms with Gasteiger partial charge in [0.25, 0.3) is 5.91 Å². The molecule has 0 bridgehead atoms. The number of pyridine rings is 1. The second-order valence-corrected chi connectivity index (χ2v) is 5.52. The lowest BCUT2D eigenvalue weighted by Gasteiger charge is -2.20. The Kier molecular flexibility index (Phi) is 5.40. The van der Waals surface area contributed by atoms with Crippen LogP contribution in [-0.2, 0) is 4.79 Å². The fraction of sp³-hybridized carbons (Fsp3) is 0.429. The molecular formula is C14H19N3O4. The molecule has 0 saturated carbocycles. The summed E-state index contributed by atoms with van der Waals surface area (Å²) >= 11 is 0. The van der Waals surface area contributed by atoms with Gasteiger partial charge in [-0.1, -0.05) is 6.07 Å². The van der Waals surface area contributed by atoms with E-state index in [1.54, 1.807) is 0 Å². The van der Waals surface area contributed by atoms with Crippen LogP contribution in [0.4, 0.5) is 0 Å². The number of aromatic nitrogens is 1. The monoisotopic (exact) mass is 293 g/mol. The van der Waals surface area contributed by atoms with Crippen LogP contribution in [0.25, 0.3) is 0 Å². The molecule has 21 heavy (non-hydrogen) atoms. The molecule has 2 amide bonds. The minimum absolute atomic E-state index is 0.00568. The van der Waals surface area contributed by atoms with Gasteiger partial charge in [0, 0.05) is 18.5 Å². The molecule has 1 aromatic heterocycles. The SMILES string of the molecule is CC(C)(C)NC(=O)CCNC(=O)c1cccc(C(=O)O)n1. The van der Waals surface area contributed by atoms with Crippen molar-refractivity contribution in [2.24, 2.45) is 0 Å². The lowest BCUT2D eigenvalue weighted by molar-refractivity contribution is -0.122. The summed E-state index contributed by atoms with van der Waals surface area (Å²) in [4.78, 5) is 37.8. The number of amides is 2. The number of nitrogens with one attached hydrogen (secondary N) is 2. The maximum absolute atomic E-state index is 11.8. The normalized spacial score (nSPS) is 10.8. The Morgan fingerprint density at radius 2 is 1.81 bits per heavy atom. The van der Waals surface area contributed by atoms with E-state index in [0.29, 0.717) is 0 Å². The van der Waals surface area contributed by atoms with Crippen molar-refractivity contribution >= 4 is 17.8 Å². The van der Waals surface area contributed by atoms with Crippen LogP contribution in [0.15, 0.2) is 18.2 Å². The predicted octanol–water partition coefficient (Wildman–Crippen LogP) is 0.814. The fourth-order valence-corrected chi connectivity index (χ4v) is 1.54. The maximum Gasteiger partial charge on any atom is 0.354 e. The van der Waals surface area contributed by atoms with Gasteiger partial charge in [-0.3, -0.25) is 9.59 Å². The van der Waals surface area contributed by atoms with Gasteiger partial charge in [-0.2, -0.15) is 0 Å². The third-order valence-electron chi connectivity index (χ3n) is 2.35. The molecule has 1 rings (SSSR count). The molecule has 0 aliphatic heterocycles. The van der Waals surface area contributed by atoms with E-state index in [1.807, 2.05) is 20.8 Å². The summed E-state index contributed by atoms with van der Waals surface area (Å²) in [7, 11) is 0. The molecule has 1 heterocycles. The first-order chi connectivity index (χ1) is 9.69. The van der Waals surface area contributed by atoms with Crippen molar-refractivity contribution in [1.82, 2.24) is 15.6 Å². The van der Waals surface area contributed by atoms with Crippen LogP contribution in [0.2, 0.25) is 0 Å². The molecule has 3 N–H and O–H groups in total. The number of carboxylic acids is 1. The quantitative estimate of drug-likeness (QED) is 0.744. The van der Waals surface area contributed by atoms with E-state index in [-0.39, 0.29) is 35.8 Å². The van der Waals surface area contributed by atoms with E-state index in [1.165, 1.54) is 18.2 Å². The zero-order chi connectivity index (χ0) is 16.0. The van der Waals surface area contributed by atoms with Crippen molar-refractivity contribution < 1.29 is 19.5 Å². The van der Waals surface area contributed by atoms with E-state index in [2.05, 4.69) is 15.6 Å². The van der Waals surface area contributed by atoms with Crippen LogP contribution in [0, 0.1) is 0 Å². The Labute approximate surface area is 122 Å². The number of aromatic carboxylic acids is 1. The van der Waals surface area contributed by atoms with Crippen molar-refractivity contribution in [3.05, 3.63) is 29.6 Å². The molecule has 7 nitrogen and oxygen atoms in total. The number of carbonyl (C=O) groups is 3. The summed E-state index contributed by atoms with van der Waals surface area (Å²) in [6, 6.07) is 4.16. The molecule has 1 aromatic rings. The molecule has 114 valence electrons. The summed E-state index contributed by atoms with van der Waals surface area (Å²) in [5.74, 6) is -1.88. The van der Waals surface area contributed by atoms with Gasteiger partial charge >= 0.3 is 5.97 Å². The highest BCUT2D eigenvalue weighted by atomic mass is 16.4. The molecule has 0 fully saturated rings. The van der Waals surface area contributed by atoms with E-state index >= 15 is 0 Å². The summed E-state index contributed by atoms with van der Waals surface area (Å²) in [6.45, 7) is 5.75. The second kappa shape index (κ2) is 6.83. The Morgan fingerprint density at radius 3 is 2.38 bits per heavy atom. The molecule has 0 radical (unpaired) electrons. The Balaban J connectivity index is 2.49. The number of nitrogens with zero attached hydrogens (tertiary/aromatic N) is 1. The van der Waals surface area contributed by atoms with Crippen LogP contribution >= 0.6 is 0 Å². The smallest absolute Gasteiger partial charge is 0.354 e. The minimum Gasteiger partial charge on any atom is -0.477 e. The molecule has 0 saturated heterocycles. The predicted molar refractivity (Wildman–Crippen MR) is 76.0 cm³/mol. The first kappa shape index (κ1) is 16.6. The van der Waals surface area contributed by atoms with E-state index in [9.17, 15) is 14.4 Å². The van der Waals surface area contributed by atoms with Gasteiger partial charge in [0.15, 0.2) is 0 Å². The Hall–Kier alpha value is -2.44. The average molecular weight is 293 g/mol. The largest absolute Gasteiger partial charge is 0.477 e. The number of hydrogen-bond donors (Lipinski definition) is 3. The van der Waals surface area contributed by atoms with E-state index < -0.39 is 11.9 Å². The molecule has 7 heteroatoms. The molecule has 0 spiro atoms.